The minimum absolute atomic E-state index is 0.294. The minimum Gasteiger partial charge on any atom is -0.468 e. The zero-order chi connectivity index (χ0) is 11.9. The molecule has 0 radical (unpaired) electrons. The van der Waals surface area contributed by atoms with Crippen molar-refractivity contribution in [1.82, 2.24) is 0 Å². The van der Waals surface area contributed by atoms with Gasteiger partial charge in [-0.3, -0.25) is 4.79 Å². The molecular formula is C10H14O5. The van der Waals surface area contributed by atoms with Crippen LogP contribution in [0.2, 0.25) is 0 Å². The molecule has 5 nitrogen and oxygen atoms in total. The molecule has 0 spiro atoms. The summed E-state index contributed by atoms with van der Waals surface area (Å²) >= 11 is 0. The van der Waals surface area contributed by atoms with Gasteiger partial charge in [0.05, 0.1) is 7.11 Å². The fourth-order valence-electron chi connectivity index (χ4n) is 1.54. The molecule has 1 rings (SSSR count). The van der Waals surface area contributed by atoms with Gasteiger partial charge < -0.3 is 14.6 Å². The number of ether oxygens (including phenoxy) is 2. The molecule has 0 bridgehead atoms. The van der Waals surface area contributed by atoms with Gasteiger partial charge in [0.2, 0.25) is 5.79 Å². The summed E-state index contributed by atoms with van der Waals surface area (Å²) in [7, 11) is 1.21. The van der Waals surface area contributed by atoms with E-state index in [-0.39, 0.29) is 0 Å². The molecule has 0 amide bonds. The molecule has 0 aromatic rings. The van der Waals surface area contributed by atoms with E-state index in [0.29, 0.717) is 5.57 Å². The van der Waals surface area contributed by atoms with Crippen LogP contribution in [0.25, 0.3) is 0 Å². The first kappa shape index (κ1) is 11.7. The molecule has 0 aromatic heterocycles. The van der Waals surface area contributed by atoms with Crippen molar-refractivity contribution in [3.63, 3.8) is 0 Å². The SMILES string of the molecule is COC(=O)C(C)(C)C1(O)OC(=O)C=C1C. The van der Waals surface area contributed by atoms with Gasteiger partial charge in [0.25, 0.3) is 0 Å². The van der Waals surface area contributed by atoms with Crippen LogP contribution in [-0.4, -0.2) is 29.9 Å². The van der Waals surface area contributed by atoms with Gasteiger partial charge in [-0.15, -0.1) is 0 Å². The highest BCUT2D eigenvalue weighted by molar-refractivity contribution is 5.88. The molecule has 5 heteroatoms. The maximum Gasteiger partial charge on any atom is 0.333 e. The van der Waals surface area contributed by atoms with E-state index in [1.165, 1.54) is 27.9 Å². The van der Waals surface area contributed by atoms with Crippen LogP contribution in [0.15, 0.2) is 11.6 Å². The highest BCUT2D eigenvalue weighted by Gasteiger charge is 2.56. The molecule has 1 aliphatic rings. The van der Waals surface area contributed by atoms with Crippen LogP contribution in [0, 0.1) is 5.41 Å². The highest BCUT2D eigenvalue weighted by atomic mass is 16.7. The minimum atomic E-state index is -1.92. The normalized spacial score (nSPS) is 25.9. The fraction of sp³-hybridized carbons (Fsp3) is 0.600. The van der Waals surface area contributed by atoms with Crippen LogP contribution in [0.3, 0.4) is 0 Å². The van der Waals surface area contributed by atoms with Gasteiger partial charge in [-0.05, 0) is 20.8 Å². The number of cyclic esters (lactones) is 1. The monoisotopic (exact) mass is 214 g/mol. The Morgan fingerprint density at radius 3 is 2.47 bits per heavy atom. The second-order valence-corrected chi connectivity index (χ2v) is 4.01. The summed E-state index contributed by atoms with van der Waals surface area (Å²) in [5.41, 5.74) is -1.04. The lowest BCUT2D eigenvalue weighted by Gasteiger charge is -2.36. The predicted octanol–water partition coefficient (Wildman–Crippen LogP) is 0.377. The average molecular weight is 214 g/mol. The summed E-state index contributed by atoms with van der Waals surface area (Å²) in [6.07, 6.45) is 1.16. The van der Waals surface area contributed by atoms with Gasteiger partial charge in [0, 0.05) is 11.6 Å². The molecule has 0 saturated carbocycles. The number of hydrogen-bond acceptors (Lipinski definition) is 5. The van der Waals surface area contributed by atoms with Crippen molar-refractivity contribution in [3.8, 4) is 0 Å². The molecule has 1 N–H and O–H groups in total. The Hall–Kier alpha value is -1.36. The standard InChI is InChI=1S/C10H14O5/c1-6-5-7(11)15-10(6,13)9(2,3)8(12)14-4/h5,13H,1-4H3. The van der Waals surface area contributed by atoms with Crippen LogP contribution in [0.5, 0.6) is 0 Å². The quantitative estimate of drug-likeness (QED) is 0.672. The summed E-state index contributed by atoms with van der Waals surface area (Å²) in [6.45, 7) is 4.43. The van der Waals surface area contributed by atoms with E-state index >= 15 is 0 Å². The Bertz CT molecular complexity index is 342. The van der Waals surface area contributed by atoms with Gasteiger partial charge in [0.1, 0.15) is 5.41 Å². The number of hydrogen-bond donors (Lipinski definition) is 1. The van der Waals surface area contributed by atoms with E-state index in [9.17, 15) is 14.7 Å². The molecule has 84 valence electrons. The van der Waals surface area contributed by atoms with Gasteiger partial charge in [-0.2, -0.15) is 0 Å². The molecule has 1 atom stereocenters. The summed E-state index contributed by atoms with van der Waals surface area (Å²) in [5, 5.41) is 10.1. The molecule has 1 aliphatic heterocycles. The summed E-state index contributed by atoms with van der Waals surface area (Å²) in [6, 6.07) is 0. The molecule has 0 fully saturated rings. The van der Waals surface area contributed by atoms with Crippen LogP contribution < -0.4 is 0 Å². The molecule has 15 heavy (non-hydrogen) atoms. The van der Waals surface area contributed by atoms with Crippen molar-refractivity contribution in [2.45, 2.75) is 26.6 Å². The molecule has 1 unspecified atom stereocenters. The second kappa shape index (κ2) is 3.34. The van der Waals surface area contributed by atoms with Crippen molar-refractivity contribution in [2.24, 2.45) is 5.41 Å². The maximum atomic E-state index is 11.5. The van der Waals surface area contributed by atoms with Gasteiger partial charge in [0.15, 0.2) is 0 Å². The largest absolute Gasteiger partial charge is 0.468 e. The van der Waals surface area contributed by atoms with Gasteiger partial charge in [-0.25, -0.2) is 4.79 Å². The van der Waals surface area contributed by atoms with E-state index in [1.807, 2.05) is 0 Å². The van der Waals surface area contributed by atoms with Crippen LogP contribution >= 0.6 is 0 Å². The van der Waals surface area contributed by atoms with E-state index in [2.05, 4.69) is 4.74 Å². The smallest absolute Gasteiger partial charge is 0.333 e. The Balaban J connectivity index is 3.12. The molecule has 1 heterocycles. The molecule has 0 aromatic carbocycles. The Morgan fingerprint density at radius 1 is 1.60 bits per heavy atom. The van der Waals surface area contributed by atoms with Crippen molar-refractivity contribution in [2.75, 3.05) is 7.11 Å². The lowest BCUT2D eigenvalue weighted by molar-refractivity contribution is -0.227. The third kappa shape index (κ3) is 1.52. The van der Waals surface area contributed by atoms with Crippen molar-refractivity contribution in [3.05, 3.63) is 11.6 Å². The van der Waals surface area contributed by atoms with E-state index in [1.54, 1.807) is 0 Å². The summed E-state index contributed by atoms with van der Waals surface area (Å²) in [4.78, 5) is 22.5. The maximum absolute atomic E-state index is 11.5. The molecular weight excluding hydrogens is 200 g/mol. The molecule has 0 saturated heterocycles. The van der Waals surface area contributed by atoms with E-state index in [0.717, 1.165) is 6.08 Å². The first-order valence-corrected chi connectivity index (χ1v) is 4.48. The fourth-order valence-corrected chi connectivity index (χ4v) is 1.54. The number of esters is 2. The van der Waals surface area contributed by atoms with Crippen molar-refractivity contribution >= 4 is 11.9 Å². The number of rotatable bonds is 2. The lowest BCUT2D eigenvalue weighted by Crippen LogP contribution is -2.51. The van der Waals surface area contributed by atoms with Gasteiger partial charge in [-0.1, -0.05) is 0 Å². The zero-order valence-electron chi connectivity index (χ0n) is 9.16. The summed E-state index contributed by atoms with van der Waals surface area (Å²) < 4.78 is 9.33. The first-order valence-electron chi connectivity index (χ1n) is 4.48. The Kier molecular flexibility index (Phi) is 2.61. The second-order valence-electron chi connectivity index (χ2n) is 4.01. The number of carbonyl (C=O) groups is 2. The Labute approximate surface area is 87.7 Å². The number of aliphatic hydroxyl groups is 1. The number of carbonyl (C=O) groups excluding carboxylic acids is 2. The third-order valence-electron chi connectivity index (χ3n) is 2.66. The van der Waals surface area contributed by atoms with E-state index in [4.69, 9.17) is 4.74 Å². The van der Waals surface area contributed by atoms with E-state index < -0.39 is 23.1 Å². The van der Waals surface area contributed by atoms with Crippen LogP contribution in [0.4, 0.5) is 0 Å². The number of methoxy groups -OCH3 is 1. The first-order chi connectivity index (χ1) is 6.75. The Morgan fingerprint density at radius 2 is 2.13 bits per heavy atom. The zero-order valence-corrected chi connectivity index (χ0v) is 9.16. The molecule has 0 aliphatic carbocycles. The predicted molar refractivity (Wildman–Crippen MR) is 50.6 cm³/mol. The lowest BCUT2D eigenvalue weighted by atomic mass is 9.80. The topological polar surface area (TPSA) is 72.8 Å². The van der Waals surface area contributed by atoms with Gasteiger partial charge >= 0.3 is 11.9 Å². The average Bonchev–Trinajstić information content (AvgIpc) is 2.40. The van der Waals surface area contributed by atoms with Crippen molar-refractivity contribution < 1.29 is 24.2 Å². The third-order valence-corrected chi connectivity index (χ3v) is 2.66. The highest BCUT2D eigenvalue weighted by Crippen LogP contribution is 2.41. The van der Waals surface area contributed by atoms with Crippen LogP contribution in [-0.2, 0) is 19.1 Å². The van der Waals surface area contributed by atoms with Crippen LogP contribution in [0.1, 0.15) is 20.8 Å². The summed E-state index contributed by atoms with van der Waals surface area (Å²) in [5.74, 6) is -3.23. The van der Waals surface area contributed by atoms with Crippen molar-refractivity contribution in [1.29, 1.82) is 0 Å².